The van der Waals surface area contributed by atoms with Gasteiger partial charge in [0.15, 0.2) is 5.69 Å². The standard InChI is InChI=1S/C15H27N3O2/c1-8-10-17-11(13(19)20-7)12(16)18(10)15(5,6)9-14(2,3)4/h8-9,16H2,1-7H3. The van der Waals surface area contributed by atoms with Crippen molar-refractivity contribution in [2.24, 2.45) is 5.41 Å². The summed E-state index contributed by atoms with van der Waals surface area (Å²) in [5, 5.41) is 0. The molecule has 0 aromatic carbocycles. The number of esters is 1. The number of anilines is 1. The van der Waals surface area contributed by atoms with E-state index in [4.69, 9.17) is 10.5 Å². The van der Waals surface area contributed by atoms with E-state index in [0.717, 1.165) is 18.7 Å². The molecule has 5 nitrogen and oxygen atoms in total. The number of aryl methyl sites for hydroxylation is 1. The van der Waals surface area contributed by atoms with Crippen LogP contribution < -0.4 is 5.73 Å². The number of rotatable bonds is 4. The molecule has 0 unspecified atom stereocenters. The highest BCUT2D eigenvalue weighted by molar-refractivity contribution is 5.92. The Morgan fingerprint density at radius 3 is 2.25 bits per heavy atom. The number of methoxy groups -OCH3 is 1. The Balaban J connectivity index is 3.36. The maximum Gasteiger partial charge on any atom is 0.360 e. The Hall–Kier alpha value is -1.52. The Bertz CT molecular complexity index is 496. The first-order valence-corrected chi connectivity index (χ1v) is 6.99. The second-order valence-electron chi connectivity index (χ2n) is 6.99. The summed E-state index contributed by atoms with van der Waals surface area (Å²) in [5.41, 5.74) is 6.31. The van der Waals surface area contributed by atoms with Gasteiger partial charge >= 0.3 is 5.97 Å². The number of nitrogen functional groups attached to an aromatic ring is 1. The van der Waals surface area contributed by atoms with Gasteiger partial charge in [-0.1, -0.05) is 27.7 Å². The lowest BCUT2D eigenvalue weighted by molar-refractivity contribution is 0.0595. The molecular formula is C15H27N3O2. The third-order valence-corrected chi connectivity index (χ3v) is 3.25. The molecule has 20 heavy (non-hydrogen) atoms. The first-order valence-electron chi connectivity index (χ1n) is 6.99. The average Bonchev–Trinajstić information content (AvgIpc) is 2.62. The molecule has 0 aliphatic heterocycles. The zero-order chi connectivity index (χ0) is 15.7. The molecule has 0 amide bonds. The monoisotopic (exact) mass is 281 g/mol. The number of hydrogen-bond donors (Lipinski definition) is 1. The lowest BCUT2D eigenvalue weighted by atomic mass is 9.81. The molecule has 0 spiro atoms. The number of aromatic nitrogens is 2. The van der Waals surface area contributed by atoms with Gasteiger partial charge in [-0.15, -0.1) is 0 Å². The van der Waals surface area contributed by atoms with Gasteiger partial charge in [-0.2, -0.15) is 0 Å². The van der Waals surface area contributed by atoms with Crippen LogP contribution in [0.15, 0.2) is 0 Å². The third-order valence-electron chi connectivity index (χ3n) is 3.25. The zero-order valence-corrected chi connectivity index (χ0v) is 13.7. The molecule has 1 aromatic rings. The van der Waals surface area contributed by atoms with Gasteiger partial charge in [0, 0.05) is 12.0 Å². The van der Waals surface area contributed by atoms with Gasteiger partial charge in [0.05, 0.1) is 7.11 Å². The number of carbonyl (C=O) groups is 1. The number of carbonyl (C=O) groups excluding carboxylic acids is 1. The molecule has 0 aliphatic rings. The molecule has 0 bridgehead atoms. The first kappa shape index (κ1) is 16.5. The minimum absolute atomic E-state index is 0.149. The third kappa shape index (κ3) is 3.32. The number of imidazole rings is 1. The van der Waals surface area contributed by atoms with Crippen LogP contribution >= 0.6 is 0 Å². The van der Waals surface area contributed by atoms with Crippen LogP contribution in [0.4, 0.5) is 5.82 Å². The summed E-state index contributed by atoms with van der Waals surface area (Å²) in [5.74, 6) is 0.725. The Kier molecular flexibility index (Phi) is 4.52. The maximum absolute atomic E-state index is 11.7. The molecule has 0 fully saturated rings. The highest BCUT2D eigenvalue weighted by atomic mass is 16.5. The van der Waals surface area contributed by atoms with Crippen LogP contribution in [0.2, 0.25) is 0 Å². The van der Waals surface area contributed by atoms with Crippen LogP contribution in [0, 0.1) is 5.41 Å². The fraction of sp³-hybridized carbons (Fsp3) is 0.733. The molecular weight excluding hydrogens is 254 g/mol. The van der Waals surface area contributed by atoms with E-state index < -0.39 is 5.97 Å². The van der Waals surface area contributed by atoms with Crippen LogP contribution in [0.3, 0.4) is 0 Å². The van der Waals surface area contributed by atoms with E-state index in [9.17, 15) is 4.79 Å². The predicted octanol–water partition coefficient (Wildman–Crippen LogP) is 2.99. The summed E-state index contributed by atoms with van der Waals surface area (Å²) in [6.07, 6.45) is 1.64. The maximum atomic E-state index is 11.7. The molecule has 114 valence electrons. The average molecular weight is 281 g/mol. The van der Waals surface area contributed by atoms with E-state index in [-0.39, 0.29) is 16.6 Å². The molecule has 2 N–H and O–H groups in total. The summed E-state index contributed by atoms with van der Waals surface area (Å²) >= 11 is 0. The Morgan fingerprint density at radius 1 is 1.30 bits per heavy atom. The predicted molar refractivity (Wildman–Crippen MR) is 80.8 cm³/mol. The van der Waals surface area contributed by atoms with E-state index in [1.54, 1.807) is 0 Å². The van der Waals surface area contributed by atoms with Gasteiger partial charge in [-0.3, -0.25) is 0 Å². The normalized spacial score (nSPS) is 12.6. The van der Waals surface area contributed by atoms with Crippen molar-refractivity contribution >= 4 is 11.8 Å². The molecule has 0 radical (unpaired) electrons. The fourth-order valence-electron chi connectivity index (χ4n) is 3.02. The zero-order valence-electron chi connectivity index (χ0n) is 13.7. The molecule has 1 rings (SSSR count). The van der Waals surface area contributed by atoms with Crippen molar-refractivity contribution in [1.29, 1.82) is 0 Å². The lowest BCUT2D eigenvalue weighted by Crippen LogP contribution is -2.33. The van der Waals surface area contributed by atoms with Crippen molar-refractivity contribution in [3.8, 4) is 0 Å². The highest BCUT2D eigenvalue weighted by Gasteiger charge is 2.33. The lowest BCUT2D eigenvalue weighted by Gasteiger charge is -2.35. The van der Waals surface area contributed by atoms with E-state index >= 15 is 0 Å². The van der Waals surface area contributed by atoms with Gasteiger partial charge in [0.2, 0.25) is 0 Å². The number of nitrogens with zero attached hydrogens (tertiary/aromatic N) is 2. The van der Waals surface area contributed by atoms with Gasteiger partial charge < -0.3 is 15.0 Å². The SMILES string of the molecule is CCc1nc(C(=O)OC)c(N)n1C(C)(C)CC(C)(C)C. The number of ether oxygens (including phenoxy) is 1. The van der Waals surface area contributed by atoms with Crippen molar-refractivity contribution in [2.75, 3.05) is 12.8 Å². The highest BCUT2D eigenvalue weighted by Crippen LogP contribution is 2.35. The van der Waals surface area contributed by atoms with Crippen LogP contribution in [0.5, 0.6) is 0 Å². The fourth-order valence-corrected chi connectivity index (χ4v) is 3.02. The van der Waals surface area contributed by atoms with E-state index in [0.29, 0.717) is 5.82 Å². The topological polar surface area (TPSA) is 70.1 Å². The molecule has 1 aromatic heterocycles. The minimum Gasteiger partial charge on any atom is -0.464 e. The summed E-state index contributed by atoms with van der Waals surface area (Å²) in [6, 6.07) is 0. The van der Waals surface area contributed by atoms with Crippen LogP contribution in [0.1, 0.15) is 64.3 Å². The van der Waals surface area contributed by atoms with Crippen molar-refractivity contribution in [3.05, 3.63) is 11.5 Å². The molecule has 5 heteroatoms. The minimum atomic E-state index is -0.484. The van der Waals surface area contributed by atoms with Gasteiger partial charge in [0.25, 0.3) is 0 Å². The smallest absolute Gasteiger partial charge is 0.360 e. The van der Waals surface area contributed by atoms with E-state index in [1.807, 2.05) is 11.5 Å². The molecule has 0 aliphatic carbocycles. The van der Waals surface area contributed by atoms with Crippen molar-refractivity contribution in [3.63, 3.8) is 0 Å². The van der Waals surface area contributed by atoms with Crippen molar-refractivity contribution < 1.29 is 9.53 Å². The van der Waals surface area contributed by atoms with Crippen molar-refractivity contribution in [2.45, 2.75) is 59.9 Å². The molecule has 1 heterocycles. The van der Waals surface area contributed by atoms with Gasteiger partial charge in [0.1, 0.15) is 11.6 Å². The molecule has 0 saturated carbocycles. The second-order valence-corrected chi connectivity index (χ2v) is 6.99. The summed E-state index contributed by atoms with van der Waals surface area (Å²) in [7, 11) is 1.34. The number of hydrogen-bond acceptors (Lipinski definition) is 4. The Labute approximate surface area is 121 Å². The summed E-state index contributed by atoms with van der Waals surface area (Å²) in [4.78, 5) is 16.1. The van der Waals surface area contributed by atoms with Crippen molar-refractivity contribution in [1.82, 2.24) is 9.55 Å². The van der Waals surface area contributed by atoms with Crippen LogP contribution in [-0.4, -0.2) is 22.6 Å². The summed E-state index contributed by atoms with van der Waals surface area (Å²) in [6.45, 7) is 12.8. The largest absolute Gasteiger partial charge is 0.464 e. The molecule has 0 saturated heterocycles. The van der Waals surface area contributed by atoms with E-state index in [2.05, 4.69) is 39.6 Å². The van der Waals surface area contributed by atoms with Crippen LogP contribution in [-0.2, 0) is 16.7 Å². The first-order chi connectivity index (χ1) is 9.03. The number of nitrogens with two attached hydrogens (primary N) is 1. The van der Waals surface area contributed by atoms with Crippen LogP contribution in [0.25, 0.3) is 0 Å². The van der Waals surface area contributed by atoms with Gasteiger partial charge in [-0.25, -0.2) is 9.78 Å². The Morgan fingerprint density at radius 2 is 1.85 bits per heavy atom. The van der Waals surface area contributed by atoms with E-state index in [1.165, 1.54) is 7.11 Å². The van der Waals surface area contributed by atoms with Gasteiger partial charge in [-0.05, 0) is 25.7 Å². The quantitative estimate of drug-likeness (QED) is 0.861. The molecule has 0 atom stereocenters. The summed E-state index contributed by atoms with van der Waals surface area (Å²) < 4.78 is 6.73. The second kappa shape index (κ2) is 5.46.